The first-order valence-corrected chi connectivity index (χ1v) is 6.12. The molecule has 2 heterocycles. The van der Waals surface area contributed by atoms with Gasteiger partial charge >= 0.3 is 5.69 Å². The topological polar surface area (TPSA) is 90.4 Å². The molecule has 1 aromatic rings. The normalized spacial score (nSPS) is 26.7. The first kappa shape index (κ1) is 15.4. The van der Waals surface area contributed by atoms with Gasteiger partial charge in [-0.05, 0) is 17.5 Å². The number of rotatable bonds is 2. The van der Waals surface area contributed by atoms with Gasteiger partial charge in [0.05, 0.1) is 18.5 Å². The lowest BCUT2D eigenvalue weighted by atomic mass is 10.1. The quantitative estimate of drug-likeness (QED) is 0.773. The van der Waals surface area contributed by atoms with E-state index in [2.05, 4.69) is 16.3 Å². The number of nitrogen functional groups attached to an aromatic ring is 1. The van der Waals surface area contributed by atoms with E-state index >= 15 is 0 Å². The molecule has 1 aliphatic rings. The highest BCUT2D eigenvalue weighted by atomic mass is 35.5. The molecule has 3 atom stereocenters. The Morgan fingerprint density at radius 3 is 2.95 bits per heavy atom. The third-order valence-electron chi connectivity index (χ3n) is 2.96. The third-order valence-corrected chi connectivity index (χ3v) is 3.05. The van der Waals surface area contributed by atoms with Crippen molar-refractivity contribution in [3.05, 3.63) is 34.1 Å². The summed E-state index contributed by atoms with van der Waals surface area (Å²) in [5, 5.41) is 11.0. The molecule has 0 amide bonds. The van der Waals surface area contributed by atoms with Gasteiger partial charge in [-0.2, -0.15) is 4.98 Å². The Balaban J connectivity index is 2.53. The van der Waals surface area contributed by atoms with Crippen LogP contribution < -0.4 is 11.4 Å². The number of aromatic nitrogens is 2. The number of hydrogen-bond acceptors (Lipinski definition) is 5. The number of hydrogen-bond donors (Lipinski definition) is 2. The van der Waals surface area contributed by atoms with E-state index in [0.717, 1.165) is 10.8 Å². The number of anilines is 1. The van der Waals surface area contributed by atoms with Crippen molar-refractivity contribution in [3.8, 4) is 11.3 Å². The Morgan fingerprint density at radius 2 is 2.38 bits per heavy atom. The van der Waals surface area contributed by atoms with Crippen LogP contribution in [0.3, 0.4) is 0 Å². The maximum absolute atomic E-state index is 13.8. The van der Waals surface area contributed by atoms with E-state index < -0.39 is 36.4 Å². The number of ether oxygens (including phenoxy) is 1. The zero-order chi connectivity index (χ0) is 15.6. The predicted octanol–water partition coefficient (Wildman–Crippen LogP) is 0.455. The number of alkyl halides is 1. The van der Waals surface area contributed by atoms with Crippen LogP contribution in [0.1, 0.15) is 11.8 Å². The molecular formula is C12H10ClF2N3O3. The molecule has 21 heavy (non-hydrogen) atoms. The van der Waals surface area contributed by atoms with Gasteiger partial charge in [0.25, 0.3) is 0 Å². The number of aliphatic hydroxyl groups excluding tert-OH is 1. The molecule has 3 N–H and O–H groups in total. The molecule has 1 fully saturated rings. The molecule has 9 heteroatoms. The van der Waals surface area contributed by atoms with Gasteiger partial charge < -0.3 is 15.6 Å². The van der Waals surface area contributed by atoms with Crippen molar-refractivity contribution in [1.82, 2.24) is 9.55 Å². The fourth-order valence-corrected chi connectivity index (χ4v) is 2.04. The van der Waals surface area contributed by atoms with Crippen LogP contribution in [0.4, 0.5) is 14.6 Å². The molecule has 0 radical (unpaired) electrons. The van der Waals surface area contributed by atoms with E-state index in [0.29, 0.717) is 0 Å². The highest BCUT2D eigenvalue weighted by Crippen LogP contribution is 2.35. The van der Waals surface area contributed by atoms with Crippen molar-refractivity contribution in [2.45, 2.75) is 18.5 Å². The molecule has 0 spiro atoms. The number of halogens is 3. The van der Waals surface area contributed by atoms with Crippen LogP contribution in [0.5, 0.6) is 0 Å². The van der Waals surface area contributed by atoms with Gasteiger partial charge in [-0.1, -0.05) is 0 Å². The zero-order valence-electron chi connectivity index (χ0n) is 10.5. The Kier molecular flexibility index (Phi) is 4.57. The maximum atomic E-state index is 13.8. The molecule has 0 aliphatic carbocycles. The highest BCUT2D eigenvalue weighted by Gasteiger charge is 2.41. The number of aliphatic hydroxyl groups is 1. The van der Waals surface area contributed by atoms with Crippen LogP contribution in [0.15, 0.2) is 22.9 Å². The van der Waals surface area contributed by atoms with E-state index in [4.69, 9.17) is 27.2 Å². The Bertz CT molecular complexity index is 695. The van der Waals surface area contributed by atoms with Crippen molar-refractivity contribution < 1.29 is 18.6 Å². The summed E-state index contributed by atoms with van der Waals surface area (Å²) in [4.78, 5) is 15.3. The summed E-state index contributed by atoms with van der Waals surface area (Å²) >= 11 is 5.26. The van der Waals surface area contributed by atoms with Gasteiger partial charge in [0.1, 0.15) is 11.9 Å². The van der Waals surface area contributed by atoms with E-state index in [1.54, 1.807) is 0 Å². The summed E-state index contributed by atoms with van der Waals surface area (Å²) in [5.41, 5.74) is 4.29. The molecule has 3 unspecified atom stereocenters. The highest BCUT2D eigenvalue weighted by molar-refractivity contribution is 6.30. The maximum Gasteiger partial charge on any atom is 0.351 e. The van der Waals surface area contributed by atoms with Gasteiger partial charge in [-0.15, -0.1) is 0 Å². The first-order valence-electron chi connectivity index (χ1n) is 5.74. The largest absolute Gasteiger partial charge is 0.394 e. The summed E-state index contributed by atoms with van der Waals surface area (Å²) in [5.74, 6) is 2.23. The van der Waals surface area contributed by atoms with Crippen molar-refractivity contribution >= 4 is 17.4 Å². The zero-order valence-corrected chi connectivity index (χ0v) is 11.2. The standard InChI is InChI=1S/C12H10ClF2N3O3/c13-2-1-6-4-18(12(20)17-10(6)16)11-7(3-14)9(15)8(5-19)21-11/h3-4,8-9,11,19H,5H2,(H2,16,17,20). The van der Waals surface area contributed by atoms with Crippen LogP contribution in [0.25, 0.3) is 0 Å². The fourth-order valence-electron chi connectivity index (χ4n) is 1.94. The summed E-state index contributed by atoms with van der Waals surface area (Å²) in [7, 11) is 0. The molecule has 2 rings (SSSR count). The monoisotopic (exact) mass is 317 g/mol. The molecule has 1 aliphatic heterocycles. The van der Waals surface area contributed by atoms with Gasteiger partial charge in [-0.25, -0.2) is 13.6 Å². The van der Waals surface area contributed by atoms with Crippen LogP contribution in [0.2, 0.25) is 0 Å². The van der Waals surface area contributed by atoms with Gasteiger partial charge in [0, 0.05) is 17.1 Å². The van der Waals surface area contributed by atoms with Crippen LogP contribution >= 0.6 is 11.6 Å². The second-order valence-electron chi connectivity index (χ2n) is 4.17. The fraction of sp³-hybridized carbons (Fsp3) is 0.333. The third kappa shape index (κ3) is 2.76. The lowest BCUT2D eigenvalue weighted by molar-refractivity contribution is -0.0322. The van der Waals surface area contributed by atoms with Crippen LogP contribution in [0, 0.1) is 11.3 Å². The van der Waals surface area contributed by atoms with Crippen LogP contribution in [-0.2, 0) is 4.74 Å². The average molecular weight is 318 g/mol. The van der Waals surface area contributed by atoms with E-state index in [1.807, 2.05) is 0 Å². The number of nitrogens with zero attached hydrogens (tertiary/aromatic N) is 2. The van der Waals surface area contributed by atoms with E-state index in [-0.39, 0.29) is 17.7 Å². The Hall–Kier alpha value is -1.95. The molecular weight excluding hydrogens is 308 g/mol. The van der Waals surface area contributed by atoms with Crippen molar-refractivity contribution in [1.29, 1.82) is 0 Å². The molecule has 1 aromatic heterocycles. The van der Waals surface area contributed by atoms with Crippen molar-refractivity contribution in [3.63, 3.8) is 0 Å². The van der Waals surface area contributed by atoms with Crippen molar-refractivity contribution in [2.24, 2.45) is 0 Å². The van der Waals surface area contributed by atoms with Gasteiger partial charge in [0.15, 0.2) is 12.4 Å². The van der Waals surface area contributed by atoms with Crippen LogP contribution in [-0.4, -0.2) is 33.5 Å². The second-order valence-corrected chi connectivity index (χ2v) is 4.36. The summed E-state index contributed by atoms with van der Waals surface area (Å²) in [6, 6.07) is 0. The minimum atomic E-state index is -1.88. The molecule has 0 bridgehead atoms. The van der Waals surface area contributed by atoms with Gasteiger partial charge in [0.2, 0.25) is 0 Å². The van der Waals surface area contributed by atoms with E-state index in [1.165, 1.54) is 0 Å². The smallest absolute Gasteiger partial charge is 0.351 e. The van der Waals surface area contributed by atoms with Gasteiger partial charge in [-0.3, -0.25) is 4.57 Å². The SMILES string of the molecule is Nc1nc(=O)n(C2OC(CO)C(F)C2=CF)cc1C#CCl. The summed E-state index contributed by atoms with van der Waals surface area (Å²) in [6.45, 7) is -0.666. The first-order chi connectivity index (χ1) is 10.0. The lowest BCUT2D eigenvalue weighted by Crippen LogP contribution is -2.29. The molecule has 0 aromatic carbocycles. The summed E-state index contributed by atoms with van der Waals surface area (Å²) in [6.07, 6.45) is -3.39. The molecule has 0 saturated carbocycles. The minimum Gasteiger partial charge on any atom is -0.394 e. The lowest BCUT2D eigenvalue weighted by Gasteiger charge is -2.15. The number of nitrogens with two attached hydrogens (primary N) is 1. The predicted molar refractivity (Wildman–Crippen MR) is 70.7 cm³/mol. The van der Waals surface area contributed by atoms with E-state index in [9.17, 15) is 13.6 Å². The molecule has 112 valence electrons. The Labute approximate surface area is 122 Å². The second kappa shape index (κ2) is 6.22. The molecule has 6 nitrogen and oxygen atoms in total. The molecule has 1 saturated heterocycles. The Morgan fingerprint density at radius 1 is 1.67 bits per heavy atom. The average Bonchev–Trinajstić information content (AvgIpc) is 2.78. The van der Waals surface area contributed by atoms with Crippen molar-refractivity contribution in [2.75, 3.05) is 12.3 Å². The summed E-state index contributed by atoms with van der Waals surface area (Å²) < 4.78 is 32.7. The minimum absolute atomic E-state index is 0.000686.